The molecule has 0 fully saturated rings. The second-order valence-corrected chi connectivity index (χ2v) is 4.28. The summed E-state index contributed by atoms with van der Waals surface area (Å²) in [4.78, 5) is 7.38. The number of benzene rings is 2. The summed E-state index contributed by atoms with van der Waals surface area (Å²) in [6.45, 7) is 0. The lowest BCUT2D eigenvalue weighted by atomic mass is 10.0. The van der Waals surface area contributed by atoms with Crippen LogP contribution in [0.4, 0.5) is 0 Å². The molecule has 0 bridgehead atoms. The Hall–Kier alpha value is -2.35. The van der Waals surface area contributed by atoms with E-state index < -0.39 is 0 Å². The van der Waals surface area contributed by atoms with E-state index in [1.165, 1.54) is 32.3 Å². The minimum atomic E-state index is 1.21. The van der Waals surface area contributed by atoms with Gasteiger partial charge in [0.15, 0.2) is 0 Å². The normalized spacial score (nSPS) is 11.5. The van der Waals surface area contributed by atoms with Gasteiger partial charge in [-0.15, -0.1) is 0 Å². The molecular formula is C15H10N2. The molecule has 1 N–H and O–H groups in total. The molecule has 4 aromatic rings. The second-order valence-electron chi connectivity index (χ2n) is 4.28. The molecule has 0 atom stereocenters. The highest BCUT2D eigenvalue weighted by Crippen LogP contribution is 2.30. The Labute approximate surface area is 97.9 Å². The molecule has 0 aliphatic carbocycles. The van der Waals surface area contributed by atoms with Crippen LogP contribution in [0.1, 0.15) is 0 Å². The summed E-state index contributed by atoms with van der Waals surface area (Å²) in [6, 6.07) is 10.8. The van der Waals surface area contributed by atoms with Crippen molar-refractivity contribution < 1.29 is 0 Å². The third-order valence-electron chi connectivity index (χ3n) is 3.36. The molecule has 2 nitrogen and oxygen atoms in total. The van der Waals surface area contributed by atoms with Crippen molar-refractivity contribution in [2.45, 2.75) is 0 Å². The zero-order chi connectivity index (χ0) is 11.2. The lowest BCUT2D eigenvalue weighted by Crippen LogP contribution is -1.79. The quantitative estimate of drug-likeness (QED) is 0.446. The molecule has 0 unspecified atom stereocenters. The predicted molar refractivity (Wildman–Crippen MR) is 71.1 cm³/mol. The van der Waals surface area contributed by atoms with Crippen LogP contribution in [-0.4, -0.2) is 9.97 Å². The van der Waals surface area contributed by atoms with Crippen LogP contribution in [0, 0.1) is 0 Å². The second kappa shape index (κ2) is 3.08. The van der Waals surface area contributed by atoms with Crippen molar-refractivity contribution in [3.05, 3.63) is 55.1 Å². The van der Waals surface area contributed by atoms with Crippen LogP contribution in [-0.2, 0) is 0 Å². The van der Waals surface area contributed by atoms with Gasteiger partial charge >= 0.3 is 0 Å². The Bertz CT molecular complexity index is 843. The van der Waals surface area contributed by atoms with E-state index in [1.54, 1.807) is 0 Å². The summed E-state index contributed by atoms with van der Waals surface area (Å²) < 4.78 is 0. The number of hydrogen-bond donors (Lipinski definition) is 1. The van der Waals surface area contributed by atoms with Crippen LogP contribution in [0.5, 0.6) is 0 Å². The third-order valence-corrected chi connectivity index (χ3v) is 3.36. The first-order valence-electron chi connectivity index (χ1n) is 5.65. The van der Waals surface area contributed by atoms with Gasteiger partial charge in [-0.2, -0.15) is 0 Å². The number of fused-ring (bicyclic) bond motifs is 5. The first-order chi connectivity index (χ1) is 8.43. The minimum absolute atomic E-state index is 1.21. The fourth-order valence-electron chi connectivity index (χ4n) is 2.51. The van der Waals surface area contributed by atoms with Gasteiger partial charge in [-0.3, -0.25) is 4.98 Å². The van der Waals surface area contributed by atoms with Gasteiger partial charge < -0.3 is 4.98 Å². The number of nitrogens with zero attached hydrogens (tertiary/aromatic N) is 1. The SMILES string of the molecule is c1cc2ccc3c4cncc4ccc3c2c[nH]1. The Balaban J connectivity index is 2.34. The largest absolute Gasteiger partial charge is 0.367 e. The van der Waals surface area contributed by atoms with Gasteiger partial charge in [0.2, 0.25) is 0 Å². The molecule has 2 heterocycles. The van der Waals surface area contributed by atoms with Crippen molar-refractivity contribution in [2.24, 2.45) is 0 Å². The highest BCUT2D eigenvalue weighted by Gasteiger charge is 2.04. The van der Waals surface area contributed by atoms with Crippen molar-refractivity contribution in [3.8, 4) is 0 Å². The summed E-state index contributed by atoms with van der Waals surface area (Å²) in [5.41, 5.74) is 0. The fourth-order valence-corrected chi connectivity index (χ4v) is 2.51. The lowest BCUT2D eigenvalue weighted by Gasteiger charge is -2.04. The van der Waals surface area contributed by atoms with Crippen LogP contribution in [0.3, 0.4) is 0 Å². The van der Waals surface area contributed by atoms with E-state index in [1.807, 2.05) is 18.6 Å². The number of aromatic amines is 1. The smallest absolute Gasteiger partial charge is 0.0353 e. The molecule has 0 saturated heterocycles. The molecule has 0 aliphatic rings. The van der Waals surface area contributed by atoms with Crippen LogP contribution >= 0.6 is 0 Å². The third kappa shape index (κ3) is 1.12. The van der Waals surface area contributed by atoms with E-state index in [9.17, 15) is 0 Å². The zero-order valence-electron chi connectivity index (χ0n) is 9.14. The van der Waals surface area contributed by atoms with E-state index in [0.29, 0.717) is 0 Å². The summed E-state index contributed by atoms with van der Waals surface area (Å²) in [7, 11) is 0. The minimum Gasteiger partial charge on any atom is -0.367 e. The first kappa shape index (κ1) is 8.76. The maximum atomic E-state index is 4.22. The number of hydrogen-bond acceptors (Lipinski definition) is 1. The molecule has 2 aromatic heterocycles. The molecule has 80 valence electrons. The van der Waals surface area contributed by atoms with Crippen LogP contribution < -0.4 is 0 Å². The Morgan fingerprint density at radius 1 is 0.706 bits per heavy atom. The first-order valence-corrected chi connectivity index (χ1v) is 5.65. The molecule has 2 heteroatoms. The maximum Gasteiger partial charge on any atom is 0.0353 e. The van der Waals surface area contributed by atoms with Crippen molar-refractivity contribution in [3.63, 3.8) is 0 Å². The molecule has 0 aliphatic heterocycles. The van der Waals surface area contributed by atoms with E-state index in [-0.39, 0.29) is 0 Å². The molecule has 0 radical (unpaired) electrons. The summed E-state index contributed by atoms with van der Waals surface area (Å²) in [5.74, 6) is 0. The van der Waals surface area contributed by atoms with Gasteiger partial charge in [0.1, 0.15) is 0 Å². The number of pyridine rings is 1. The monoisotopic (exact) mass is 218 g/mol. The highest BCUT2D eigenvalue weighted by atomic mass is 14.6. The van der Waals surface area contributed by atoms with E-state index in [4.69, 9.17) is 0 Å². The predicted octanol–water partition coefficient (Wildman–Crippen LogP) is 3.87. The lowest BCUT2D eigenvalue weighted by molar-refractivity contribution is 1.37. The Morgan fingerprint density at radius 2 is 1.53 bits per heavy atom. The van der Waals surface area contributed by atoms with Crippen LogP contribution in [0.15, 0.2) is 55.1 Å². The molecule has 17 heavy (non-hydrogen) atoms. The maximum absolute atomic E-state index is 4.22. The van der Waals surface area contributed by atoms with Gasteiger partial charge in [0.25, 0.3) is 0 Å². The Kier molecular flexibility index (Phi) is 1.59. The average Bonchev–Trinajstić information content (AvgIpc) is 2.86. The molecule has 2 aromatic carbocycles. The van der Waals surface area contributed by atoms with E-state index >= 15 is 0 Å². The van der Waals surface area contributed by atoms with Gasteiger partial charge in [-0.25, -0.2) is 0 Å². The molecule has 0 saturated carbocycles. The van der Waals surface area contributed by atoms with Crippen molar-refractivity contribution in [1.29, 1.82) is 0 Å². The van der Waals surface area contributed by atoms with Gasteiger partial charge in [0, 0.05) is 40.9 Å². The van der Waals surface area contributed by atoms with Crippen molar-refractivity contribution in [1.82, 2.24) is 9.97 Å². The van der Waals surface area contributed by atoms with Gasteiger partial charge in [-0.05, 0) is 22.2 Å². The van der Waals surface area contributed by atoms with Gasteiger partial charge in [-0.1, -0.05) is 24.3 Å². The molecule has 0 amide bonds. The van der Waals surface area contributed by atoms with Crippen molar-refractivity contribution in [2.75, 3.05) is 0 Å². The number of aromatic nitrogens is 2. The standard InChI is InChI=1S/C15H10N2/c1-3-13-12(14-8-16-6-5-10(1)14)4-2-11-7-17-9-15(11)13/h1-9,16H. The Morgan fingerprint density at radius 3 is 2.47 bits per heavy atom. The number of rotatable bonds is 0. The van der Waals surface area contributed by atoms with Crippen molar-refractivity contribution >= 4 is 32.3 Å². The zero-order valence-corrected chi connectivity index (χ0v) is 9.14. The average molecular weight is 218 g/mol. The van der Waals surface area contributed by atoms with Gasteiger partial charge in [0.05, 0.1) is 0 Å². The van der Waals surface area contributed by atoms with E-state index in [0.717, 1.165) is 0 Å². The van der Waals surface area contributed by atoms with Crippen LogP contribution in [0.25, 0.3) is 32.3 Å². The van der Waals surface area contributed by atoms with E-state index in [2.05, 4.69) is 46.5 Å². The summed E-state index contributed by atoms with van der Waals surface area (Å²) in [5, 5.41) is 7.50. The molecule has 4 rings (SSSR count). The molecular weight excluding hydrogens is 208 g/mol. The summed E-state index contributed by atoms with van der Waals surface area (Å²) >= 11 is 0. The number of nitrogens with one attached hydrogen (secondary N) is 1. The fraction of sp³-hybridized carbons (Fsp3) is 0. The van der Waals surface area contributed by atoms with Crippen LogP contribution in [0.2, 0.25) is 0 Å². The topological polar surface area (TPSA) is 28.7 Å². The number of H-pyrrole nitrogens is 1. The highest BCUT2D eigenvalue weighted by molar-refractivity contribution is 6.16. The molecule has 0 spiro atoms. The summed E-state index contributed by atoms with van der Waals surface area (Å²) in [6.07, 6.45) is 7.86.